The van der Waals surface area contributed by atoms with Crippen LogP contribution in [0, 0.1) is 5.92 Å². The first-order valence-electron chi connectivity index (χ1n) is 7.97. The summed E-state index contributed by atoms with van der Waals surface area (Å²) in [5.41, 5.74) is 0. The summed E-state index contributed by atoms with van der Waals surface area (Å²) in [4.78, 5) is 11.5. The maximum absolute atomic E-state index is 5.19. The Bertz CT molecular complexity index is 428. The number of aromatic nitrogens is 2. The second-order valence-corrected chi connectivity index (χ2v) is 6.03. The molecule has 1 aliphatic rings. The molecule has 0 saturated heterocycles. The fraction of sp³-hybridized carbons (Fsp3) is 0.750. The van der Waals surface area contributed by atoms with Crippen molar-refractivity contribution in [3.8, 4) is 0 Å². The summed E-state index contributed by atoms with van der Waals surface area (Å²) in [7, 11) is 3.83. The lowest BCUT2D eigenvalue weighted by atomic mass is 9.86. The summed E-state index contributed by atoms with van der Waals surface area (Å²) in [5.74, 6) is 3.42. The fourth-order valence-electron chi connectivity index (χ4n) is 3.07. The maximum atomic E-state index is 5.19. The molecule has 5 nitrogen and oxygen atoms in total. The fourth-order valence-corrected chi connectivity index (χ4v) is 3.07. The van der Waals surface area contributed by atoms with Gasteiger partial charge in [0.05, 0.1) is 0 Å². The van der Waals surface area contributed by atoms with Crippen molar-refractivity contribution in [1.29, 1.82) is 0 Å². The van der Waals surface area contributed by atoms with Crippen molar-refractivity contribution in [3.63, 3.8) is 0 Å². The first-order chi connectivity index (χ1) is 10.1. The number of hydrogen-bond acceptors (Lipinski definition) is 5. The average Bonchev–Trinajstić information content (AvgIpc) is 2.47. The standard InChI is InChI=1S/C16H28N4O/c1-5-17-14-10-16(19-15(18-14)11-21-4)20(3)13-8-6-7-12(2)9-13/h10,12-13H,5-9,11H2,1-4H3,(H,17,18,19). The Hall–Kier alpha value is -1.36. The summed E-state index contributed by atoms with van der Waals surface area (Å²) in [6.07, 6.45) is 5.16. The first-order valence-corrected chi connectivity index (χ1v) is 7.97. The van der Waals surface area contributed by atoms with Gasteiger partial charge in [-0.05, 0) is 25.7 Å². The molecule has 1 aliphatic carbocycles. The van der Waals surface area contributed by atoms with E-state index in [0.717, 1.165) is 29.9 Å². The highest BCUT2D eigenvalue weighted by Crippen LogP contribution is 2.29. The Labute approximate surface area is 128 Å². The lowest BCUT2D eigenvalue weighted by molar-refractivity contribution is 0.178. The maximum Gasteiger partial charge on any atom is 0.158 e. The van der Waals surface area contributed by atoms with E-state index in [-0.39, 0.29) is 0 Å². The number of nitrogens with zero attached hydrogens (tertiary/aromatic N) is 3. The van der Waals surface area contributed by atoms with Gasteiger partial charge in [0.25, 0.3) is 0 Å². The topological polar surface area (TPSA) is 50.3 Å². The summed E-state index contributed by atoms with van der Waals surface area (Å²) in [5, 5.41) is 3.28. The van der Waals surface area contributed by atoms with Crippen LogP contribution in [0.25, 0.3) is 0 Å². The molecule has 1 aromatic heterocycles. The number of anilines is 2. The molecular formula is C16H28N4O. The van der Waals surface area contributed by atoms with Crippen molar-refractivity contribution in [2.45, 2.75) is 52.2 Å². The van der Waals surface area contributed by atoms with Gasteiger partial charge < -0.3 is 15.0 Å². The molecule has 0 amide bonds. The van der Waals surface area contributed by atoms with Crippen molar-refractivity contribution < 1.29 is 4.74 Å². The van der Waals surface area contributed by atoms with E-state index in [9.17, 15) is 0 Å². The molecule has 118 valence electrons. The minimum atomic E-state index is 0.446. The molecule has 2 atom stereocenters. The van der Waals surface area contributed by atoms with E-state index in [0.29, 0.717) is 12.6 Å². The van der Waals surface area contributed by atoms with Crippen LogP contribution >= 0.6 is 0 Å². The number of nitrogens with one attached hydrogen (secondary N) is 1. The summed E-state index contributed by atoms with van der Waals surface area (Å²) < 4.78 is 5.19. The average molecular weight is 292 g/mol. The molecule has 5 heteroatoms. The zero-order valence-electron chi connectivity index (χ0n) is 13.7. The second-order valence-electron chi connectivity index (χ2n) is 6.03. The van der Waals surface area contributed by atoms with E-state index < -0.39 is 0 Å². The Balaban J connectivity index is 2.19. The molecule has 0 spiro atoms. The number of rotatable bonds is 6. The van der Waals surface area contributed by atoms with Crippen LogP contribution in [0.5, 0.6) is 0 Å². The third kappa shape index (κ3) is 4.30. The minimum Gasteiger partial charge on any atom is -0.377 e. The zero-order chi connectivity index (χ0) is 15.2. The molecule has 0 aromatic carbocycles. The Kier molecular flexibility index (Phi) is 5.79. The monoisotopic (exact) mass is 292 g/mol. The smallest absolute Gasteiger partial charge is 0.158 e. The molecule has 1 saturated carbocycles. The van der Waals surface area contributed by atoms with Crippen LogP contribution in [0.15, 0.2) is 6.07 Å². The zero-order valence-corrected chi connectivity index (χ0v) is 13.7. The highest BCUT2D eigenvalue weighted by atomic mass is 16.5. The van der Waals surface area contributed by atoms with Gasteiger partial charge in [-0.3, -0.25) is 0 Å². The van der Waals surface area contributed by atoms with E-state index in [2.05, 4.69) is 41.1 Å². The molecule has 0 radical (unpaired) electrons. The number of hydrogen-bond donors (Lipinski definition) is 1. The lowest BCUT2D eigenvalue weighted by Gasteiger charge is -2.35. The van der Waals surface area contributed by atoms with Crippen LogP contribution in [0.1, 0.15) is 45.4 Å². The first kappa shape index (κ1) is 16.0. The molecular weight excluding hydrogens is 264 g/mol. The molecule has 1 heterocycles. The van der Waals surface area contributed by atoms with Gasteiger partial charge in [-0.25, -0.2) is 9.97 Å². The highest BCUT2D eigenvalue weighted by Gasteiger charge is 2.23. The van der Waals surface area contributed by atoms with Crippen molar-refractivity contribution >= 4 is 11.6 Å². The van der Waals surface area contributed by atoms with E-state index >= 15 is 0 Å². The quantitative estimate of drug-likeness (QED) is 0.873. The van der Waals surface area contributed by atoms with Crippen molar-refractivity contribution in [2.24, 2.45) is 5.92 Å². The van der Waals surface area contributed by atoms with E-state index in [1.807, 2.05) is 6.07 Å². The number of methoxy groups -OCH3 is 1. The third-order valence-corrected chi connectivity index (χ3v) is 4.21. The molecule has 2 rings (SSSR count). The lowest BCUT2D eigenvalue weighted by Crippen LogP contribution is -2.36. The van der Waals surface area contributed by atoms with Gasteiger partial charge in [0.15, 0.2) is 5.82 Å². The number of ether oxygens (including phenoxy) is 1. The normalized spacial score (nSPS) is 22.1. The van der Waals surface area contributed by atoms with E-state index in [4.69, 9.17) is 4.74 Å². The molecule has 1 fully saturated rings. The van der Waals surface area contributed by atoms with E-state index in [1.165, 1.54) is 25.7 Å². The molecule has 2 unspecified atom stereocenters. The van der Waals surface area contributed by atoms with Crippen LogP contribution < -0.4 is 10.2 Å². The van der Waals surface area contributed by atoms with Gasteiger partial charge in [-0.2, -0.15) is 0 Å². The summed E-state index contributed by atoms with van der Waals surface area (Å²) >= 11 is 0. The van der Waals surface area contributed by atoms with Gasteiger partial charge in [0, 0.05) is 32.8 Å². The molecule has 1 aromatic rings. The predicted octanol–water partition coefficient (Wildman–Crippen LogP) is 3.07. The van der Waals surface area contributed by atoms with Crippen LogP contribution in [0.2, 0.25) is 0 Å². The summed E-state index contributed by atoms with van der Waals surface area (Å²) in [6.45, 7) is 5.72. The predicted molar refractivity (Wildman–Crippen MR) is 86.7 cm³/mol. The largest absolute Gasteiger partial charge is 0.377 e. The molecule has 0 aliphatic heterocycles. The Morgan fingerprint density at radius 2 is 2.19 bits per heavy atom. The molecule has 0 bridgehead atoms. The molecule has 21 heavy (non-hydrogen) atoms. The van der Waals surface area contributed by atoms with Crippen LogP contribution in [0.3, 0.4) is 0 Å². The van der Waals surface area contributed by atoms with Gasteiger partial charge >= 0.3 is 0 Å². The third-order valence-electron chi connectivity index (χ3n) is 4.21. The van der Waals surface area contributed by atoms with Crippen molar-refractivity contribution in [3.05, 3.63) is 11.9 Å². The SMILES string of the molecule is CCNc1cc(N(C)C2CCCC(C)C2)nc(COC)n1. The van der Waals surface area contributed by atoms with E-state index in [1.54, 1.807) is 7.11 Å². The highest BCUT2D eigenvalue weighted by molar-refractivity contribution is 5.49. The second kappa shape index (κ2) is 7.59. The van der Waals surface area contributed by atoms with Crippen LogP contribution in [0.4, 0.5) is 11.6 Å². The van der Waals surface area contributed by atoms with Gasteiger partial charge in [0.2, 0.25) is 0 Å². The Morgan fingerprint density at radius 1 is 1.38 bits per heavy atom. The van der Waals surface area contributed by atoms with Crippen LogP contribution in [-0.2, 0) is 11.3 Å². The van der Waals surface area contributed by atoms with Gasteiger partial charge in [-0.1, -0.05) is 19.8 Å². The van der Waals surface area contributed by atoms with Crippen molar-refractivity contribution in [1.82, 2.24) is 9.97 Å². The Morgan fingerprint density at radius 3 is 2.86 bits per heavy atom. The summed E-state index contributed by atoms with van der Waals surface area (Å²) in [6, 6.07) is 2.62. The minimum absolute atomic E-state index is 0.446. The van der Waals surface area contributed by atoms with Crippen molar-refractivity contribution in [2.75, 3.05) is 30.9 Å². The van der Waals surface area contributed by atoms with Crippen LogP contribution in [-0.4, -0.2) is 36.7 Å². The van der Waals surface area contributed by atoms with Gasteiger partial charge in [0.1, 0.15) is 18.2 Å². The molecule has 1 N–H and O–H groups in total. The van der Waals surface area contributed by atoms with Gasteiger partial charge in [-0.15, -0.1) is 0 Å².